The van der Waals surface area contributed by atoms with Crippen molar-refractivity contribution in [2.45, 2.75) is 0 Å². The summed E-state index contributed by atoms with van der Waals surface area (Å²) in [6.07, 6.45) is 0. The van der Waals surface area contributed by atoms with Gasteiger partial charge in [-0.2, -0.15) is 0 Å². The van der Waals surface area contributed by atoms with Gasteiger partial charge in [0.25, 0.3) is 0 Å². The number of phosphoric ester groups is 1. The molecule has 0 atom stereocenters. The van der Waals surface area contributed by atoms with Crippen LogP contribution in [0.4, 0.5) is 0 Å². The zero-order valence-corrected chi connectivity index (χ0v) is 12.5. The Balaban J connectivity index is -0.000000167. The minimum atomic E-state index is -4.26. The van der Waals surface area contributed by atoms with Crippen molar-refractivity contribution in [1.82, 2.24) is 0 Å². The van der Waals surface area contributed by atoms with Crippen molar-refractivity contribution in [2.24, 2.45) is 0 Å². The fourth-order valence-corrected chi connectivity index (χ4v) is 0.753. The predicted molar refractivity (Wildman–Crippen MR) is 50.3 cm³/mol. The topological polar surface area (TPSA) is 98.3 Å². The van der Waals surface area contributed by atoms with E-state index >= 15 is 0 Å². The largest absolute Gasteiger partial charge is 1.00 e. The van der Waals surface area contributed by atoms with Crippen molar-refractivity contribution < 1.29 is 41.2 Å². The summed E-state index contributed by atoms with van der Waals surface area (Å²) in [4.78, 5) is 16.6. The molecule has 0 aliphatic heterocycles. The third-order valence-corrected chi connectivity index (χ3v) is 1.54. The summed E-state index contributed by atoms with van der Waals surface area (Å²) >= 11 is 0. The molecule has 0 aromatic heterocycles. The monoisotopic (exact) mass is 260 g/mol. The van der Waals surface area contributed by atoms with Gasteiger partial charge in [0.2, 0.25) is 0 Å². The van der Waals surface area contributed by atoms with E-state index in [4.69, 9.17) is 9.79 Å². The van der Waals surface area contributed by atoms with Crippen LogP contribution in [0.3, 0.4) is 0 Å². The average molecular weight is 261 g/mol. The molecule has 0 amide bonds. The molecular formula is C5H17ClNNaO5P. The summed E-state index contributed by atoms with van der Waals surface area (Å²) in [6, 6.07) is 0. The first-order valence-corrected chi connectivity index (χ1v) is 4.74. The van der Waals surface area contributed by atoms with Gasteiger partial charge in [-0.1, -0.05) is 0 Å². The number of hydrogen-bond donors (Lipinski definition) is 2. The summed E-state index contributed by atoms with van der Waals surface area (Å²) < 4.78 is 15.1. The fraction of sp³-hybridized carbons (Fsp3) is 1.00. The van der Waals surface area contributed by atoms with Crippen molar-refractivity contribution in [3.05, 3.63) is 0 Å². The number of quaternary nitrogens is 1. The Kier molecular flexibility index (Phi) is 16.7. The summed E-state index contributed by atoms with van der Waals surface area (Å²) in [5.41, 5.74) is 0. The Morgan fingerprint density at radius 3 is 1.86 bits per heavy atom. The van der Waals surface area contributed by atoms with Crippen LogP contribution in [0.2, 0.25) is 0 Å². The Hall–Kier alpha value is 1.32. The molecule has 0 saturated carbocycles. The zero-order chi connectivity index (χ0) is 9.12. The molecule has 0 aromatic rings. The number of hydrogen-bond acceptors (Lipinski definition) is 2. The van der Waals surface area contributed by atoms with Crippen LogP contribution in [-0.4, -0.2) is 83.6 Å². The van der Waals surface area contributed by atoms with Crippen molar-refractivity contribution in [3.63, 3.8) is 0 Å². The quantitative estimate of drug-likeness (QED) is 0.303. The first-order valence-electron chi connectivity index (χ1n) is 3.21. The first kappa shape index (κ1) is 24.5. The van der Waals surface area contributed by atoms with Gasteiger partial charge in [-0.25, -0.2) is 4.57 Å². The number of phosphoric acid groups is 1. The van der Waals surface area contributed by atoms with Crippen molar-refractivity contribution in [3.8, 4) is 0 Å². The van der Waals surface area contributed by atoms with Gasteiger partial charge in [0.15, 0.2) is 0 Å². The molecule has 0 aliphatic rings. The third-order valence-electron chi connectivity index (χ3n) is 1.02. The van der Waals surface area contributed by atoms with Crippen LogP contribution in [0, 0.1) is 0 Å². The second-order valence-electron chi connectivity index (χ2n) is 3.34. The third kappa shape index (κ3) is 23.3. The van der Waals surface area contributed by atoms with Crippen molar-refractivity contribution in [2.75, 3.05) is 34.3 Å². The molecule has 14 heavy (non-hydrogen) atoms. The van der Waals surface area contributed by atoms with E-state index in [1.807, 2.05) is 21.1 Å². The van der Waals surface area contributed by atoms with E-state index in [1.165, 1.54) is 0 Å². The molecule has 1 radical (unpaired) electrons. The molecule has 0 rings (SSSR count). The van der Waals surface area contributed by atoms with E-state index < -0.39 is 7.82 Å². The summed E-state index contributed by atoms with van der Waals surface area (Å²) in [7, 11) is 1.50. The smallest absolute Gasteiger partial charge is 0.469 e. The average Bonchev–Trinajstić information content (AvgIpc) is 1.55. The van der Waals surface area contributed by atoms with Crippen LogP contribution >= 0.6 is 7.82 Å². The van der Waals surface area contributed by atoms with Gasteiger partial charge in [-0.3, -0.25) is 4.52 Å². The Morgan fingerprint density at radius 2 is 1.64 bits per heavy atom. The standard InChI is InChI=1S/C5H14NO4P.ClH.Na.H2O/c1-6(2,3)4-5-10-11(7,8)9;;;/h4-5H2,1-3H3,(H-,7,8,9);1H;;1H2. The number of nitrogens with zero attached hydrogens (tertiary/aromatic N) is 1. The van der Waals surface area contributed by atoms with E-state index in [0.29, 0.717) is 11.0 Å². The molecule has 0 fully saturated rings. The van der Waals surface area contributed by atoms with E-state index in [-0.39, 0.29) is 54.0 Å². The maximum atomic E-state index is 10.2. The molecule has 4 N–H and O–H groups in total. The first-order chi connectivity index (χ1) is 4.71. The van der Waals surface area contributed by atoms with Crippen LogP contribution in [0.5, 0.6) is 0 Å². The molecule has 0 saturated heterocycles. The predicted octanol–water partition coefficient (Wildman–Crippen LogP) is -4.40. The number of halogens is 1. The molecule has 0 bridgehead atoms. The summed E-state index contributed by atoms with van der Waals surface area (Å²) in [6.45, 7) is 0.652. The van der Waals surface area contributed by atoms with Crippen LogP contribution in [-0.2, 0) is 9.09 Å². The van der Waals surface area contributed by atoms with Crippen LogP contribution in [0.25, 0.3) is 0 Å². The minimum absolute atomic E-state index is 0. The summed E-state index contributed by atoms with van der Waals surface area (Å²) in [5, 5.41) is 0. The minimum Gasteiger partial charge on any atom is -1.00 e. The van der Waals surface area contributed by atoms with Gasteiger partial charge in [-0.15, -0.1) is 0 Å². The van der Waals surface area contributed by atoms with Crippen molar-refractivity contribution in [1.29, 1.82) is 0 Å². The second-order valence-corrected chi connectivity index (χ2v) is 4.58. The maximum absolute atomic E-state index is 10.2. The summed E-state index contributed by atoms with van der Waals surface area (Å²) in [5.74, 6) is 0. The van der Waals surface area contributed by atoms with Gasteiger partial charge in [-0.05, 0) is 0 Å². The van der Waals surface area contributed by atoms with Gasteiger partial charge in [0, 0.05) is 29.6 Å². The van der Waals surface area contributed by atoms with Crippen molar-refractivity contribution >= 4 is 37.4 Å². The van der Waals surface area contributed by atoms with Gasteiger partial charge in [0.1, 0.15) is 13.2 Å². The normalized spacial score (nSPS) is 10.6. The van der Waals surface area contributed by atoms with Crippen LogP contribution in [0.15, 0.2) is 0 Å². The van der Waals surface area contributed by atoms with E-state index in [0.717, 1.165) is 0 Å². The number of likely N-dealkylation sites (N-methyl/N-ethyl adjacent to an activating group) is 1. The van der Waals surface area contributed by atoms with Gasteiger partial charge >= 0.3 is 7.82 Å². The molecule has 6 nitrogen and oxygen atoms in total. The van der Waals surface area contributed by atoms with E-state index in [1.54, 1.807) is 0 Å². The molecule has 0 spiro atoms. The molecule has 0 heterocycles. The SMILES string of the molecule is C[N+](C)(C)CCOP(=O)(O)O.O.[Cl-].[Na]. The molecule has 85 valence electrons. The fourth-order valence-electron chi connectivity index (χ4n) is 0.434. The molecule has 9 heteroatoms. The number of rotatable bonds is 4. The van der Waals surface area contributed by atoms with Crippen LogP contribution < -0.4 is 12.4 Å². The maximum Gasteiger partial charge on any atom is 0.469 e. The Morgan fingerprint density at radius 1 is 1.29 bits per heavy atom. The van der Waals surface area contributed by atoms with Crippen LogP contribution in [0.1, 0.15) is 0 Å². The molecular weight excluding hydrogens is 243 g/mol. The molecule has 0 unspecified atom stereocenters. The Bertz CT molecular complexity index is 170. The van der Waals surface area contributed by atoms with E-state index in [2.05, 4.69) is 4.52 Å². The van der Waals surface area contributed by atoms with Gasteiger partial charge < -0.3 is 32.2 Å². The molecule has 0 aromatic carbocycles. The zero-order valence-electron chi connectivity index (χ0n) is 8.90. The second kappa shape index (κ2) is 9.54. The van der Waals surface area contributed by atoms with E-state index in [9.17, 15) is 4.57 Å². The Labute approximate surface area is 112 Å². The molecule has 0 aliphatic carbocycles. The van der Waals surface area contributed by atoms with Gasteiger partial charge in [0.05, 0.1) is 21.1 Å².